The molecule has 0 atom stereocenters. The van der Waals surface area contributed by atoms with Crippen LogP contribution in [0.2, 0.25) is 0 Å². The molecular weight excluding hydrogens is 250 g/mol. The Morgan fingerprint density at radius 3 is 2.35 bits per heavy atom. The molecule has 0 unspecified atom stereocenters. The Morgan fingerprint density at radius 2 is 1.75 bits per heavy atom. The number of hydrogen-bond acceptors (Lipinski definition) is 3. The molecule has 0 aliphatic heterocycles. The number of nitrogens with zero attached hydrogens (tertiary/aromatic N) is 3. The maximum absolute atomic E-state index is 5.49. The topological polar surface area (TPSA) is 43.9 Å². The molecule has 3 aromatic rings. The molecule has 0 amide bonds. The average molecular weight is 271 g/mol. The van der Waals surface area contributed by atoms with Crippen molar-refractivity contribution < 1.29 is 4.52 Å². The largest absolute Gasteiger partial charge is 0.356 e. The molecule has 0 saturated heterocycles. The second kappa shape index (κ2) is 3.84. The quantitative estimate of drug-likeness (QED) is 0.614. The summed E-state index contributed by atoms with van der Waals surface area (Å²) in [6.45, 7) is 12.9. The number of aromatic nitrogens is 3. The first-order chi connectivity index (χ1) is 9.19. The second-order valence-electron chi connectivity index (χ2n) is 7.38. The van der Waals surface area contributed by atoms with Crippen LogP contribution in [0.1, 0.15) is 47.2 Å². The van der Waals surface area contributed by atoms with Crippen molar-refractivity contribution in [1.82, 2.24) is 14.9 Å². The molecular formula is C16H21N3O. The van der Waals surface area contributed by atoms with E-state index < -0.39 is 0 Å². The zero-order valence-electron chi connectivity index (χ0n) is 13.0. The maximum Gasteiger partial charge on any atom is 0.167 e. The predicted octanol–water partition coefficient (Wildman–Crippen LogP) is 4.23. The molecule has 2 heterocycles. The van der Waals surface area contributed by atoms with Crippen molar-refractivity contribution in [2.45, 2.75) is 52.5 Å². The van der Waals surface area contributed by atoms with Crippen LogP contribution in [0.3, 0.4) is 0 Å². The van der Waals surface area contributed by atoms with Crippen LogP contribution in [0.25, 0.3) is 21.9 Å². The van der Waals surface area contributed by atoms with Gasteiger partial charge in [-0.3, -0.25) is 4.68 Å². The van der Waals surface area contributed by atoms with E-state index in [1.54, 1.807) is 0 Å². The smallest absolute Gasteiger partial charge is 0.167 e. The molecule has 0 bridgehead atoms. The first kappa shape index (κ1) is 13.2. The van der Waals surface area contributed by atoms with E-state index in [0.717, 1.165) is 27.6 Å². The van der Waals surface area contributed by atoms with Gasteiger partial charge in [-0.25, -0.2) is 0 Å². The highest BCUT2D eigenvalue weighted by atomic mass is 16.5. The lowest BCUT2D eigenvalue weighted by molar-refractivity contribution is 0.368. The molecule has 0 aliphatic carbocycles. The van der Waals surface area contributed by atoms with Crippen molar-refractivity contribution in [2.24, 2.45) is 0 Å². The van der Waals surface area contributed by atoms with Gasteiger partial charge in [0.15, 0.2) is 5.58 Å². The highest BCUT2D eigenvalue weighted by Crippen LogP contribution is 2.35. The van der Waals surface area contributed by atoms with Gasteiger partial charge in [-0.1, -0.05) is 25.9 Å². The third-order valence-electron chi connectivity index (χ3n) is 3.53. The third-order valence-corrected chi connectivity index (χ3v) is 3.53. The second-order valence-corrected chi connectivity index (χ2v) is 7.38. The van der Waals surface area contributed by atoms with Gasteiger partial charge in [-0.15, -0.1) is 0 Å². The minimum atomic E-state index is -0.0522. The monoisotopic (exact) mass is 271 g/mol. The van der Waals surface area contributed by atoms with Crippen molar-refractivity contribution >= 4 is 21.9 Å². The molecule has 0 radical (unpaired) electrons. The van der Waals surface area contributed by atoms with Crippen LogP contribution in [-0.2, 0) is 11.0 Å². The normalized spacial score (nSPS) is 13.5. The molecule has 106 valence electrons. The van der Waals surface area contributed by atoms with Crippen molar-refractivity contribution in [3.8, 4) is 0 Å². The third kappa shape index (κ3) is 1.82. The van der Waals surface area contributed by atoms with Crippen LogP contribution in [0.4, 0.5) is 0 Å². The summed E-state index contributed by atoms with van der Waals surface area (Å²) < 4.78 is 7.55. The van der Waals surface area contributed by atoms with E-state index in [2.05, 4.69) is 62.5 Å². The highest BCUT2D eigenvalue weighted by molar-refractivity contribution is 6.05. The van der Waals surface area contributed by atoms with Gasteiger partial charge in [-0.05, 0) is 32.9 Å². The molecule has 20 heavy (non-hydrogen) atoms. The van der Waals surface area contributed by atoms with Crippen LogP contribution in [-0.4, -0.2) is 14.9 Å². The highest BCUT2D eigenvalue weighted by Gasteiger charge is 2.25. The van der Waals surface area contributed by atoms with E-state index in [-0.39, 0.29) is 11.0 Å². The van der Waals surface area contributed by atoms with Gasteiger partial charge in [-0.2, -0.15) is 5.10 Å². The summed E-state index contributed by atoms with van der Waals surface area (Å²) in [5.41, 5.74) is 2.85. The maximum atomic E-state index is 5.49. The van der Waals surface area contributed by atoms with E-state index >= 15 is 0 Å². The van der Waals surface area contributed by atoms with E-state index in [1.165, 1.54) is 0 Å². The molecule has 1 aromatic carbocycles. The molecule has 3 rings (SSSR count). The summed E-state index contributed by atoms with van der Waals surface area (Å²) in [7, 11) is 0. The van der Waals surface area contributed by atoms with Crippen molar-refractivity contribution in [3.63, 3.8) is 0 Å². The summed E-state index contributed by atoms with van der Waals surface area (Å²) in [4.78, 5) is 0. The summed E-state index contributed by atoms with van der Waals surface area (Å²) in [6.07, 6.45) is 1.93. The van der Waals surface area contributed by atoms with Crippen LogP contribution in [0.5, 0.6) is 0 Å². The van der Waals surface area contributed by atoms with Crippen molar-refractivity contribution in [2.75, 3.05) is 0 Å². The van der Waals surface area contributed by atoms with E-state index in [9.17, 15) is 0 Å². The van der Waals surface area contributed by atoms with Gasteiger partial charge in [0.1, 0.15) is 0 Å². The fraction of sp³-hybridized carbons (Fsp3) is 0.500. The SMILES string of the molecule is CC(C)(C)c1noc2ccc3c(cnn3C(C)(C)C)c12. The zero-order chi connectivity index (χ0) is 14.7. The van der Waals surface area contributed by atoms with Crippen LogP contribution in [0.15, 0.2) is 22.9 Å². The van der Waals surface area contributed by atoms with Gasteiger partial charge in [0, 0.05) is 10.8 Å². The molecule has 2 aromatic heterocycles. The lowest BCUT2D eigenvalue weighted by atomic mass is 9.89. The molecule has 0 spiro atoms. The molecule has 0 N–H and O–H groups in total. The van der Waals surface area contributed by atoms with Gasteiger partial charge in [0.05, 0.1) is 28.3 Å². The van der Waals surface area contributed by atoms with Gasteiger partial charge >= 0.3 is 0 Å². The Hall–Kier alpha value is -1.84. The Labute approximate surface area is 118 Å². The lowest BCUT2D eigenvalue weighted by Crippen LogP contribution is -2.22. The number of benzene rings is 1. The lowest BCUT2D eigenvalue weighted by Gasteiger charge is -2.20. The number of hydrogen-bond donors (Lipinski definition) is 0. The molecule has 4 heteroatoms. The first-order valence-electron chi connectivity index (χ1n) is 6.97. The Morgan fingerprint density at radius 1 is 1.05 bits per heavy atom. The molecule has 0 fully saturated rings. The predicted molar refractivity (Wildman–Crippen MR) is 81.0 cm³/mol. The Kier molecular flexibility index (Phi) is 2.53. The summed E-state index contributed by atoms with van der Waals surface area (Å²) in [5, 5.41) is 11.0. The summed E-state index contributed by atoms with van der Waals surface area (Å²) in [6, 6.07) is 4.05. The fourth-order valence-corrected chi connectivity index (χ4v) is 2.59. The van der Waals surface area contributed by atoms with Gasteiger partial charge in [0.2, 0.25) is 0 Å². The standard InChI is InChI=1S/C16H21N3O/c1-15(2,3)14-13-10-9-17-19(16(4,5)6)11(10)7-8-12(13)20-18-14/h7-9H,1-6H3. The minimum absolute atomic E-state index is 0.0471. The number of fused-ring (bicyclic) bond motifs is 3. The van der Waals surface area contributed by atoms with E-state index in [0.29, 0.717) is 0 Å². The van der Waals surface area contributed by atoms with Crippen LogP contribution < -0.4 is 0 Å². The Bertz CT molecular complexity index is 782. The van der Waals surface area contributed by atoms with Crippen LogP contribution >= 0.6 is 0 Å². The fourth-order valence-electron chi connectivity index (χ4n) is 2.59. The minimum Gasteiger partial charge on any atom is -0.356 e. The molecule has 4 nitrogen and oxygen atoms in total. The number of rotatable bonds is 0. The van der Waals surface area contributed by atoms with Crippen molar-refractivity contribution in [3.05, 3.63) is 24.0 Å². The van der Waals surface area contributed by atoms with Gasteiger partial charge in [0.25, 0.3) is 0 Å². The van der Waals surface area contributed by atoms with E-state index in [4.69, 9.17) is 4.52 Å². The summed E-state index contributed by atoms with van der Waals surface area (Å²) >= 11 is 0. The first-order valence-corrected chi connectivity index (χ1v) is 6.97. The summed E-state index contributed by atoms with van der Waals surface area (Å²) in [5.74, 6) is 0. The van der Waals surface area contributed by atoms with Crippen LogP contribution in [0, 0.1) is 0 Å². The Balaban J connectivity index is 2.42. The zero-order valence-corrected chi connectivity index (χ0v) is 13.0. The van der Waals surface area contributed by atoms with Gasteiger partial charge < -0.3 is 4.52 Å². The van der Waals surface area contributed by atoms with Crippen molar-refractivity contribution in [1.29, 1.82) is 0 Å². The average Bonchev–Trinajstić information content (AvgIpc) is 2.89. The molecule has 0 saturated carbocycles. The van der Waals surface area contributed by atoms with E-state index in [1.807, 2.05) is 12.3 Å². The molecule has 0 aliphatic rings.